The van der Waals surface area contributed by atoms with E-state index < -0.39 is 0 Å². The highest BCUT2D eigenvalue weighted by Gasteiger charge is 2.01. The molecule has 0 radical (unpaired) electrons. The third kappa shape index (κ3) is 4.21. The van der Waals surface area contributed by atoms with E-state index in [1.807, 2.05) is 45.0 Å². The minimum absolute atomic E-state index is 0.155. The summed E-state index contributed by atoms with van der Waals surface area (Å²) >= 11 is 0. The molecule has 16 heavy (non-hydrogen) atoms. The molecular formula is C12H18N2O2. The van der Waals surface area contributed by atoms with Crippen LogP contribution in [0.3, 0.4) is 0 Å². The van der Waals surface area contributed by atoms with E-state index in [-0.39, 0.29) is 12.1 Å². The summed E-state index contributed by atoms with van der Waals surface area (Å²) in [7, 11) is 0. The van der Waals surface area contributed by atoms with Gasteiger partial charge in [-0.05, 0) is 45.0 Å². The first-order valence-corrected chi connectivity index (χ1v) is 5.43. The minimum Gasteiger partial charge on any atom is -0.491 e. The van der Waals surface area contributed by atoms with E-state index >= 15 is 0 Å². The quantitative estimate of drug-likeness (QED) is 0.822. The zero-order valence-corrected chi connectivity index (χ0v) is 9.91. The number of ether oxygens (including phenoxy) is 1. The van der Waals surface area contributed by atoms with Crippen LogP contribution >= 0.6 is 0 Å². The molecule has 0 aliphatic heterocycles. The van der Waals surface area contributed by atoms with Gasteiger partial charge in [0.05, 0.1) is 6.10 Å². The molecule has 2 amide bonds. The maximum Gasteiger partial charge on any atom is 0.319 e. The van der Waals surface area contributed by atoms with E-state index in [9.17, 15) is 4.79 Å². The molecule has 1 rings (SSSR count). The number of carbonyl (C=O) groups is 1. The maximum atomic E-state index is 11.2. The van der Waals surface area contributed by atoms with Crippen LogP contribution < -0.4 is 15.4 Å². The van der Waals surface area contributed by atoms with Crippen LogP contribution in [0.25, 0.3) is 0 Å². The van der Waals surface area contributed by atoms with Crippen LogP contribution in [0, 0.1) is 0 Å². The lowest BCUT2D eigenvalue weighted by molar-refractivity contribution is 0.242. The van der Waals surface area contributed by atoms with Gasteiger partial charge in [-0.2, -0.15) is 0 Å². The molecule has 1 aromatic carbocycles. The van der Waals surface area contributed by atoms with E-state index in [4.69, 9.17) is 4.74 Å². The lowest BCUT2D eigenvalue weighted by Crippen LogP contribution is -2.28. The fourth-order valence-electron chi connectivity index (χ4n) is 1.22. The summed E-state index contributed by atoms with van der Waals surface area (Å²) in [5.41, 5.74) is 0.752. The Hall–Kier alpha value is -1.71. The predicted octanol–water partition coefficient (Wildman–Crippen LogP) is 2.62. The molecule has 0 saturated heterocycles. The highest BCUT2D eigenvalue weighted by Crippen LogP contribution is 2.16. The molecule has 4 heteroatoms. The van der Waals surface area contributed by atoms with Crippen molar-refractivity contribution in [1.29, 1.82) is 0 Å². The first-order chi connectivity index (χ1) is 7.61. The Morgan fingerprint density at radius 1 is 1.31 bits per heavy atom. The largest absolute Gasteiger partial charge is 0.491 e. The van der Waals surface area contributed by atoms with Crippen LogP contribution in [0.4, 0.5) is 10.5 Å². The smallest absolute Gasteiger partial charge is 0.319 e. The Morgan fingerprint density at radius 3 is 2.44 bits per heavy atom. The molecule has 0 atom stereocenters. The Morgan fingerprint density at radius 2 is 1.94 bits per heavy atom. The van der Waals surface area contributed by atoms with Gasteiger partial charge in [0.2, 0.25) is 0 Å². The van der Waals surface area contributed by atoms with Gasteiger partial charge in [-0.15, -0.1) is 0 Å². The third-order valence-corrected chi connectivity index (χ3v) is 1.82. The summed E-state index contributed by atoms with van der Waals surface area (Å²) in [6, 6.07) is 7.10. The number of amides is 2. The zero-order valence-electron chi connectivity index (χ0n) is 9.91. The predicted molar refractivity (Wildman–Crippen MR) is 64.9 cm³/mol. The maximum absolute atomic E-state index is 11.2. The van der Waals surface area contributed by atoms with Crippen molar-refractivity contribution in [2.75, 3.05) is 11.9 Å². The molecule has 0 aliphatic carbocycles. The average molecular weight is 222 g/mol. The summed E-state index contributed by atoms with van der Waals surface area (Å²) in [5, 5.41) is 5.38. The van der Waals surface area contributed by atoms with E-state index in [0.717, 1.165) is 11.4 Å². The average Bonchev–Trinajstić information content (AvgIpc) is 2.20. The van der Waals surface area contributed by atoms with Crippen molar-refractivity contribution >= 4 is 11.7 Å². The summed E-state index contributed by atoms with van der Waals surface area (Å²) in [6.07, 6.45) is 0.155. The molecule has 1 aromatic rings. The lowest BCUT2D eigenvalue weighted by atomic mass is 10.3. The topological polar surface area (TPSA) is 50.4 Å². The summed E-state index contributed by atoms with van der Waals surface area (Å²) in [6.45, 7) is 6.43. The lowest BCUT2D eigenvalue weighted by Gasteiger charge is -2.10. The Bertz CT molecular complexity index is 333. The van der Waals surface area contributed by atoms with Gasteiger partial charge < -0.3 is 15.4 Å². The molecular weight excluding hydrogens is 204 g/mol. The van der Waals surface area contributed by atoms with E-state index in [1.165, 1.54) is 0 Å². The van der Waals surface area contributed by atoms with E-state index in [0.29, 0.717) is 6.54 Å². The van der Waals surface area contributed by atoms with Crippen molar-refractivity contribution in [3.63, 3.8) is 0 Å². The van der Waals surface area contributed by atoms with Crippen molar-refractivity contribution in [3.8, 4) is 5.75 Å². The standard InChI is InChI=1S/C12H18N2O2/c1-4-13-12(15)14-10-5-7-11(8-6-10)16-9(2)3/h5-9H,4H2,1-3H3,(H2,13,14,15). The minimum atomic E-state index is -0.194. The number of urea groups is 1. The fourth-order valence-corrected chi connectivity index (χ4v) is 1.22. The monoisotopic (exact) mass is 222 g/mol. The summed E-state index contributed by atoms with van der Waals surface area (Å²) < 4.78 is 5.49. The molecule has 2 N–H and O–H groups in total. The van der Waals surface area contributed by atoms with Crippen LogP contribution in [0.5, 0.6) is 5.75 Å². The van der Waals surface area contributed by atoms with Crippen LogP contribution in [-0.2, 0) is 0 Å². The number of nitrogens with one attached hydrogen (secondary N) is 2. The number of benzene rings is 1. The highest BCUT2D eigenvalue weighted by molar-refractivity contribution is 5.89. The second kappa shape index (κ2) is 6.00. The zero-order chi connectivity index (χ0) is 12.0. The second-order valence-electron chi connectivity index (χ2n) is 3.68. The van der Waals surface area contributed by atoms with Gasteiger partial charge in [-0.3, -0.25) is 0 Å². The number of hydrogen-bond acceptors (Lipinski definition) is 2. The van der Waals surface area contributed by atoms with E-state index in [1.54, 1.807) is 0 Å². The number of carbonyl (C=O) groups excluding carboxylic acids is 1. The first kappa shape index (κ1) is 12.4. The number of rotatable bonds is 4. The van der Waals surface area contributed by atoms with Gasteiger partial charge >= 0.3 is 6.03 Å². The molecule has 0 saturated carbocycles. The SMILES string of the molecule is CCNC(=O)Nc1ccc(OC(C)C)cc1. The number of anilines is 1. The normalized spacial score (nSPS) is 10.0. The van der Waals surface area contributed by atoms with Gasteiger partial charge in [0.1, 0.15) is 5.75 Å². The molecule has 0 fully saturated rings. The molecule has 0 heterocycles. The number of hydrogen-bond donors (Lipinski definition) is 2. The van der Waals surface area contributed by atoms with E-state index in [2.05, 4.69) is 10.6 Å². The summed E-state index contributed by atoms with van der Waals surface area (Å²) in [4.78, 5) is 11.2. The third-order valence-electron chi connectivity index (χ3n) is 1.82. The van der Waals surface area contributed by atoms with Gasteiger partial charge in [0, 0.05) is 12.2 Å². The molecule has 0 aromatic heterocycles. The molecule has 4 nitrogen and oxygen atoms in total. The van der Waals surface area contributed by atoms with Crippen molar-refractivity contribution in [3.05, 3.63) is 24.3 Å². The second-order valence-corrected chi connectivity index (χ2v) is 3.68. The van der Waals surface area contributed by atoms with Gasteiger partial charge in [-0.25, -0.2) is 4.79 Å². The first-order valence-electron chi connectivity index (χ1n) is 5.43. The Kier molecular flexibility index (Phi) is 4.64. The summed E-state index contributed by atoms with van der Waals surface area (Å²) in [5.74, 6) is 0.802. The Labute approximate surface area is 96.0 Å². The van der Waals surface area contributed by atoms with Gasteiger partial charge in [-0.1, -0.05) is 0 Å². The fraction of sp³-hybridized carbons (Fsp3) is 0.417. The van der Waals surface area contributed by atoms with Crippen molar-refractivity contribution in [2.24, 2.45) is 0 Å². The van der Waals surface area contributed by atoms with Crippen LogP contribution in [0.2, 0.25) is 0 Å². The Balaban J connectivity index is 2.54. The molecule has 0 aliphatic rings. The van der Waals surface area contributed by atoms with Crippen molar-refractivity contribution in [2.45, 2.75) is 26.9 Å². The van der Waals surface area contributed by atoms with Crippen LogP contribution in [-0.4, -0.2) is 18.7 Å². The van der Waals surface area contributed by atoms with Gasteiger partial charge in [0.25, 0.3) is 0 Å². The van der Waals surface area contributed by atoms with Crippen molar-refractivity contribution < 1.29 is 9.53 Å². The van der Waals surface area contributed by atoms with Gasteiger partial charge in [0.15, 0.2) is 0 Å². The highest BCUT2D eigenvalue weighted by atomic mass is 16.5. The van der Waals surface area contributed by atoms with Crippen LogP contribution in [0.15, 0.2) is 24.3 Å². The molecule has 0 spiro atoms. The molecule has 0 unspecified atom stereocenters. The van der Waals surface area contributed by atoms with Crippen molar-refractivity contribution in [1.82, 2.24) is 5.32 Å². The molecule has 88 valence electrons. The van der Waals surface area contributed by atoms with Crippen LogP contribution in [0.1, 0.15) is 20.8 Å². The molecule has 0 bridgehead atoms.